The van der Waals surface area contributed by atoms with Gasteiger partial charge in [0.1, 0.15) is 0 Å². The van der Waals surface area contributed by atoms with Gasteiger partial charge in [-0.2, -0.15) is 0 Å². The van der Waals surface area contributed by atoms with Crippen LogP contribution in [0.3, 0.4) is 0 Å². The second-order valence-electron chi connectivity index (χ2n) is 4.11. The molecular formula is C10H19BrO2. The average molecular weight is 251 g/mol. The minimum atomic E-state index is -0.413. The fourth-order valence-corrected chi connectivity index (χ4v) is 2.77. The molecule has 0 bridgehead atoms. The van der Waals surface area contributed by atoms with Gasteiger partial charge < -0.3 is 9.47 Å². The third-order valence-electron chi connectivity index (χ3n) is 2.27. The highest BCUT2D eigenvalue weighted by molar-refractivity contribution is 9.09. The Labute approximate surface area is 89.1 Å². The molecule has 0 unspecified atom stereocenters. The molecule has 0 N–H and O–H groups in total. The number of hydrogen-bond acceptors (Lipinski definition) is 2. The molecule has 0 aliphatic carbocycles. The quantitative estimate of drug-likeness (QED) is 0.717. The molecule has 0 amide bonds. The van der Waals surface area contributed by atoms with Gasteiger partial charge in [0, 0.05) is 4.83 Å². The van der Waals surface area contributed by atoms with E-state index in [0.29, 0.717) is 4.83 Å². The highest BCUT2D eigenvalue weighted by Crippen LogP contribution is 2.33. The van der Waals surface area contributed by atoms with Gasteiger partial charge in [0.15, 0.2) is 5.79 Å². The van der Waals surface area contributed by atoms with Crippen LogP contribution in [-0.4, -0.2) is 22.8 Å². The molecule has 0 radical (unpaired) electrons. The molecule has 78 valence electrons. The fourth-order valence-electron chi connectivity index (χ4n) is 1.77. The van der Waals surface area contributed by atoms with Gasteiger partial charge in [-0.15, -0.1) is 0 Å². The summed E-state index contributed by atoms with van der Waals surface area (Å²) in [4.78, 5) is 0.411. The van der Waals surface area contributed by atoms with E-state index in [4.69, 9.17) is 9.47 Å². The Balaban J connectivity index is 2.52. The van der Waals surface area contributed by atoms with Crippen molar-refractivity contribution in [1.82, 2.24) is 0 Å². The Bertz CT molecular complexity index is 170. The van der Waals surface area contributed by atoms with Crippen molar-refractivity contribution in [2.24, 2.45) is 0 Å². The molecule has 3 atom stereocenters. The van der Waals surface area contributed by atoms with Gasteiger partial charge in [-0.05, 0) is 27.2 Å². The SMILES string of the molecule is CCC[C@H](Br)[C@@H]1OC(C)(C)O[C@H]1C. The van der Waals surface area contributed by atoms with Crippen molar-refractivity contribution >= 4 is 15.9 Å². The van der Waals surface area contributed by atoms with Crippen LogP contribution in [0.5, 0.6) is 0 Å². The minimum absolute atomic E-state index is 0.186. The summed E-state index contributed by atoms with van der Waals surface area (Å²) in [5.41, 5.74) is 0. The van der Waals surface area contributed by atoms with E-state index in [2.05, 4.69) is 29.8 Å². The maximum absolute atomic E-state index is 5.81. The maximum Gasteiger partial charge on any atom is 0.163 e. The normalized spacial score (nSPS) is 34.8. The number of hydrogen-bond donors (Lipinski definition) is 0. The lowest BCUT2D eigenvalue weighted by Crippen LogP contribution is -2.29. The molecular weight excluding hydrogens is 232 g/mol. The van der Waals surface area contributed by atoms with Gasteiger partial charge in [0.25, 0.3) is 0 Å². The summed E-state index contributed by atoms with van der Waals surface area (Å²) >= 11 is 3.65. The Hall–Kier alpha value is 0.400. The van der Waals surface area contributed by atoms with Gasteiger partial charge in [0.05, 0.1) is 12.2 Å². The number of rotatable bonds is 3. The van der Waals surface area contributed by atoms with Crippen LogP contribution in [0.4, 0.5) is 0 Å². The molecule has 0 aromatic heterocycles. The largest absolute Gasteiger partial charge is 0.345 e. The molecule has 1 rings (SSSR count). The summed E-state index contributed by atoms with van der Waals surface area (Å²) in [6.07, 6.45) is 2.68. The molecule has 1 saturated heterocycles. The molecule has 2 nitrogen and oxygen atoms in total. The summed E-state index contributed by atoms with van der Waals surface area (Å²) in [5, 5.41) is 0. The van der Waals surface area contributed by atoms with Crippen molar-refractivity contribution in [3.63, 3.8) is 0 Å². The Morgan fingerprint density at radius 2 is 2.00 bits per heavy atom. The van der Waals surface area contributed by atoms with Crippen LogP contribution in [0, 0.1) is 0 Å². The van der Waals surface area contributed by atoms with E-state index in [1.165, 1.54) is 6.42 Å². The molecule has 13 heavy (non-hydrogen) atoms. The topological polar surface area (TPSA) is 18.5 Å². The molecule has 1 aliphatic heterocycles. The standard InChI is InChI=1S/C10H19BrO2/c1-5-6-8(11)9-7(2)12-10(3,4)13-9/h7-9H,5-6H2,1-4H3/t7-,8-,9+/m0/s1. The highest BCUT2D eigenvalue weighted by Gasteiger charge is 2.41. The highest BCUT2D eigenvalue weighted by atomic mass is 79.9. The zero-order valence-corrected chi connectivity index (χ0v) is 10.4. The first-order valence-electron chi connectivity index (χ1n) is 4.96. The van der Waals surface area contributed by atoms with E-state index in [1.54, 1.807) is 0 Å². The first-order valence-corrected chi connectivity index (χ1v) is 5.87. The van der Waals surface area contributed by atoms with Crippen LogP contribution in [0.15, 0.2) is 0 Å². The van der Waals surface area contributed by atoms with Gasteiger partial charge in [-0.1, -0.05) is 29.3 Å². The lowest BCUT2D eigenvalue weighted by atomic mass is 10.1. The van der Waals surface area contributed by atoms with Crippen LogP contribution in [0.2, 0.25) is 0 Å². The summed E-state index contributed by atoms with van der Waals surface area (Å²) in [7, 11) is 0. The van der Waals surface area contributed by atoms with E-state index in [0.717, 1.165) is 6.42 Å². The summed E-state index contributed by atoms with van der Waals surface area (Å²) in [5.74, 6) is -0.413. The molecule has 1 fully saturated rings. The van der Waals surface area contributed by atoms with Crippen LogP contribution in [0.1, 0.15) is 40.5 Å². The van der Waals surface area contributed by atoms with E-state index < -0.39 is 5.79 Å². The lowest BCUT2D eigenvalue weighted by Gasteiger charge is -2.20. The average Bonchev–Trinajstić information content (AvgIpc) is 2.25. The lowest BCUT2D eigenvalue weighted by molar-refractivity contribution is -0.144. The number of ether oxygens (including phenoxy) is 2. The van der Waals surface area contributed by atoms with Crippen LogP contribution in [0.25, 0.3) is 0 Å². The van der Waals surface area contributed by atoms with E-state index in [9.17, 15) is 0 Å². The monoisotopic (exact) mass is 250 g/mol. The number of halogens is 1. The summed E-state index contributed by atoms with van der Waals surface area (Å²) < 4.78 is 11.5. The zero-order chi connectivity index (χ0) is 10.1. The Morgan fingerprint density at radius 1 is 1.38 bits per heavy atom. The van der Waals surface area contributed by atoms with E-state index in [-0.39, 0.29) is 12.2 Å². The Kier molecular flexibility index (Phi) is 3.78. The van der Waals surface area contributed by atoms with E-state index >= 15 is 0 Å². The third-order valence-corrected chi connectivity index (χ3v) is 3.25. The van der Waals surface area contributed by atoms with Crippen LogP contribution < -0.4 is 0 Å². The molecule has 1 aliphatic rings. The molecule has 0 spiro atoms. The van der Waals surface area contributed by atoms with Crippen molar-refractivity contribution < 1.29 is 9.47 Å². The fraction of sp³-hybridized carbons (Fsp3) is 1.00. The Morgan fingerprint density at radius 3 is 2.38 bits per heavy atom. The molecule has 0 aromatic rings. The molecule has 1 heterocycles. The minimum Gasteiger partial charge on any atom is -0.345 e. The van der Waals surface area contributed by atoms with Gasteiger partial charge in [-0.3, -0.25) is 0 Å². The molecule has 3 heteroatoms. The van der Waals surface area contributed by atoms with Gasteiger partial charge >= 0.3 is 0 Å². The van der Waals surface area contributed by atoms with Crippen LogP contribution in [-0.2, 0) is 9.47 Å². The maximum atomic E-state index is 5.81. The molecule has 0 saturated carbocycles. The predicted molar refractivity (Wildman–Crippen MR) is 57.1 cm³/mol. The van der Waals surface area contributed by atoms with Crippen LogP contribution >= 0.6 is 15.9 Å². The smallest absolute Gasteiger partial charge is 0.163 e. The van der Waals surface area contributed by atoms with E-state index in [1.807, 2.05) is 13.8 Å². The van der Waals surface area contributed by atoms with Gasteiger partial charge in [-0.25, -0.2) is 0 Å². The predicted octanol–water partition coefficient (Wildman–Crippen LogP) is 3.09. The van der Waals surface area contributed by atoms with Crippen molar-refractivity contribution in [2.45, 2.75) is 63.4 Å². The zero-order valence-electron chi connectivity index (χ0n) is 8.84. The summed E-state index contributed by atoms with van der Waals surface area (Å²) in [6, 6.07) is 0. The van der Waals surface area contributed by atoms with Crippen molar-refractivity contribution in [2.75, 3.05) is 0 Å². The second kappa shape index (κ2) is 4.28. The second-order valence-corrected chi connectivity index (χ2v) is 5.29. The summed E-state index contributed by atoms with van der Waals surface area (Å²) in [6.45, 7) is 8.19. The van der Waals surface area contributed by atoms with Crippen molar-refractivity contribution in [3.8, 4) is 0 Å². The first-order chi connectivity index (χ1) is 5.96. The van der Waals surface area contributed by atoms with Gasteiger partial charge in [0.2, 0.25) is 0 Å². The van der Waals surface area contributed by atoms with Crippen molar-refractivity contribution in [3.05, 3.63) is 0 Å². The number of alkyl halides is 1. The first kappa shape index (κ1) is 11.5. The molecule has 0 aromatic carbocycles. The third kappa shape index (κ3) is 2.93. The van der Waals surface area contributed by atoms with Crippen molar-refractivity contribution in [1.29, 1.82) is 0 Å².